The Hall–Kier alpha value is -2.40. The predicted molar refractivity (Wildman–Crippen MR) is 87.9 cm³/mol. The van der Waals surface area contributed by atoms with Crippen molar-refractivity contribution in [2.45, 2.75) is 32.4 Å². The molecule has 5 heteroatoms. The van der Waals surface area contributed by atoms with E-state index in [9.17, 15) is 0 Å². The fourth-order valence-corrected chi connectivity index (χ4v) is 3.06. The molecule has 2 aromatic heterocycles. The van der Waals surface area contributed by atoms with Crippen molar-refractivity contribution in [3.05, 3.63) is 60.1 Å². The molecule has 5 nitrogen and oxygen atoms in total. The van der Waals surface area contributed by atoms with Gasteiger partial charge in [0.2, 0.25) is 0 Å². The van der Waals surface area contributed by atoms with E-state index < -0.39 is 0 Å². The molecule has 0 radical (unpaired) electrons. The zero-order valence-corrected chi connectivity index (χ0v) is 13.0. The highest BCUT2D eigenvalue weighted by Gasteiger charge is 2.16. The molecule has 0 saturated carbocycles. The van der Waals surface area contributed by atoms with E-state index in [1.165, 1.54) is 12.0 Å². The van der Waals surface area contributed by atoms with Crippen molar-refractivity contribution in [1.82, 2.24) is 20.1 Å². The van der Waals surface area contributed by atoms with Gasteiger partial charge in [0.05, 0.1) is 12.8 Å². The first-order chi connectivity index (χ1) is 11.4. The van der Waals surface area contributed by atoms with Gasteiger partial charge < -0.3 is 14.3 Å². The van der Waals surface area contributed by atoms with Crippen molar-refractivity contribution in [3.63, 3.8) is 0 Å². The van der Waals surface area contributed by atoms with Crippen LogP contribution in [0.1, 0.15) is 23.8 Å². The van der Waals surface area contributed by atoms with Crippen LogP contribution in [-0.2, 0) is 25.9 Å². The van der Waals surface area contributed by atoms with Gasteiger partial charge in [0.1, 0.15) is 17.4 Å². The van der Waals surface area contributed by atoms with Gasteiger partial charge in [-0.05, 0) is 18.1 Å². The topological polar surface area (TPSA) is 55.9 Å². The number of fused-ring (bicyclic) bond motifs is 1. The number of benzene rings is 1. The number of rotatable bonds is 6. The quantitative estimate of drug-likeness (QED) is 0.711. The normalized spacial score (nSPS) is 13.4. The Morgan fingerprint density at radius 3 is 2.96 bits per heavy atom. The lowest BCUT2D eigenvalue weighted by Crippen LogP contribution is -2.18. The maximum atomic E-state index is 5.63. The lowest BCUT2D eigenvalue weighted by atomic mass is 10.1. The number of hydrogen-bond donors (Lipinski definition) is 1. The molecule has 1 aliphatic heterocycles. The first-order valence-corrected chi connectivity index (χ1v) is 8.14. The van der Waals surface area contributed by atoms with E-state index in [1.54, 1.807) is 0 Å². The average Bonchev–Trinajstić information content (AvgIpc) is 3.30. The van der Waals surface area contributed by atoms with Gasteiger partial charge in [0.25, 0.3) is 0 Å². The molecule has 3 heterocycles. The standard InChI is InChI=1S/C18H20N4O/c1-2-5-14(6-3-1)15-11-16(23-13-15)12-19-9-8-18-21-20-17-7-4-10-22(17)18/h1-3,5-6,11,13,19H,4,7-10,12H2. The molecule has 0 bridgehead atoms. The summed E-state index contributed by atoms with van der Waals surface area (Å²) in [6.45, 7) is 2.67. The average molecular weight is 308 g/mol. The van der Waals surface area contributed by atoms with Gasteiger partial charge in [0, 0.05) is 31.5 Å². The van der Waals surface area contributed by atoms with Crippen molar-refractivity contribution in [1.29, 1.82) is 0 Å². The Morgan fingerprint density at radius 1 is 1.13 bits per heavy atom. The number of nitrogens with zero attached hydrogens (tertiary/aromatic N) is 3. The van der Waals surface area contributed by atoms with E-state index in [0.717, 1.165) is 55.4 Å². The molecule has 0 spiro atoms. The molecule has 23 heavy (non-hydrogen) atoms. The molecule has 0 amide bonds. The van der Waals surface area contributed by atoms with Crippen molar-refractivity contribution in [2.75, 3.05) is 6.54 Å². The maximum Gasteiger partial charge on any atom is 0.134 e. The third-order valence-electron chi connectivity index (χ3n) is 4.27. The monoisotopic (exact) mass is 308 g/mol. The largest absolute Gasteiger partial charge is 0.467 e. The second kappa shape index (κ2) is 6.38. The third kappa shape index (κ3) is 3.05. The zero-order chi connectivity index (χ0) is 15.5. The molecule has 0 aliphatic carbocycles. The number of hydrogen-bond acceptors (Lipinski definition) is 4. The second-order valence-electron chi connectivity index (χ2n) is 5.88. The Morgan fingerprint density at radius 2 is 2.04 bits per heavy atom. The lowest BCUT2D eigenvalue weighted by Gasteiger charge is -2.04. The van der Waals surface area contributed by atoms with Crippen LogP contribution in [0.3, 0.4) is 0 Å². The van der Waals surface area contributed by atoms with Crippen LogP contribution in [0, 0.1) is 0 Å². The van der Waals surface area contributed by atoms with E-state index in [4.69, 9.17) is 4.42 Å². The summed E-state index contributed by atoms with van der Waals surface area (Å²) in [6.07, 6.45) is 4.98. The lowest BCUT2D eigenvalue weighted by molar-refractivity contribution is 0.482. The van der Waals surface area contributed by atoms with Crippen molar-refractivity contribution >= 4 is 0 Å². The Kier molecular flexibility index (Phi) is 3.94. The highest BCUT2D eigenvalue weighted by Crippen LogP contribution is 2.21. The van der Waals surface area contributed by atoms with Crippen molar-refractivity contribution in [2.24, 2.45) is 0 Å². The minimum absolute atomic E-state index is 0.730. The molecule has 0 fully saturated rings. The maximum absolute atomic E-state index is 5.63. The Labute approximate surface area is 135 Å². The SMILES string of the molecule is c1ccc(-c2coc(CNCCc3nnc4n3CCC4)c2)cc1. The third-order valence-corrected chi connectivity index (χ3v) is 4.27. The first-order valence-electron chi connectivity index (χ1n) is 8.14. The smallest absolute Gasteiger partial charge is 0.134 e. The number of furan rings is 1. The highest BCUT2D eigenvalue weighted by molar-refractivity contribution is 5.62. The van der Waals surface area contributed by atoms with Crippen LogP contribution in [0.2, 0.25) is 0 Å². The minimum atomic E-state index is 0.730. The van der Waals surface area contributed by atoms with Crippen molar-refractivity contribution < 1.29 is 4.42 Å². The van der Waals surface area contributed by atoms with Crippen LogP contribution in [-0.4, -0.2) is 21.3 Å². The summed E-state index contributed by atoms with van der Waals surface area (Å²) in [6, 6.07) is 12.4. The highest BCUT2D eigenvalue weighted by atomic mass is 16.3. The van der Waals surface area contributed by atoms with E-state index in [-0.39, 0.29) is 0 Å². The fraction of sp³-hybridized carbons (Fsp3) is 0.333. The van der Waals surface area contributed by atoms with E-state index in [1.807, 2.05) is 24.5 Å². The van der Waals surface area contributed by atoms with Gasteiger partial charge in [-0.2, -0.15) is 0 Å². The van der Waals surface area contributed by atoms with Gasteiger partial charge in [-0.1, -0.05) is 30.3 Å². The van der Waals surface area contributed by atoms with Gasteiger partial charge in [-0.15, -0.1) is 10.2 Å². The molecule has 4 rings (SSSR count). The molecular formula is C18H20N4O. The van der Waals surface area contributed by atoms with Gasteiger partial charge >= 0.3 is 0 Å². The summed E-state index contributed by atoms with van der Waals surface area (Å²) >= 11 is 0. The molecule has 1 aliphatic rings. The molecule has 3 aromatic rings. The Balaban J connectivity index is 1.29. The van der Waals surface area contributed by atoms with Crippen LogP contribution < -0.4 is 5.32 Å². The van der Waals surface area contributed by atoms with Crippen LogP contribution in [0.4, 0.5) is 0 Å². The summed E-state index contributed by atoms with van der Waals surface area (Å²) in [5, 5.41) is 11.9. The fourth-order valence-electron chi connectivity index (χ4n) is 3.06. The summed E-state index contributed by atoms with van der Waals surface area (Å²) < 4.78 is 7.89. The summed E-state index contributed by atoms with van der Waals surface area (Å²) in [5.41, 5.74) is 2.30. The van der Waals surface area contributed by atoms with Gasteiger partial charge in [0.15, 0.2) is 0 Å². The predicted octanol–water partition coefficient (Wildman–Crippen LogP) is 2.82. The number of aromatic nitrogens is 3. The van der Waals surface area contributed by atoms with E-state index >= 15 is 0 Å². The molecule has 1 aromatic carbocycles. The second-order valence-corrected chi connectivity index (χ2v) is 5.88. The number of aryl methyl sites for hydroxylation is 1. The van der Waals surface area contributed by atoms with Gasteiger partial charge in [-0.25, -0.2) is 0 Å². The minimum Gasteiger partial charge on any atom is -0.467 e. The van der Waals surface area contributed by atoms with Crippen LogP contribution >= 0.6 is 0 Å². The summed E-state index contributed by atoms with van der Waals surface area (Å²) in [7, 11) is 0. The van der Waals surface area contributed by atoms with Crippen LogP contribution in [0.5, 0.6) is 0 Å². The van der Waals surface area contributed by atoms with Crippen LogP contribution in [0.25, 0.3) is 11.1 Å². The molecule has 118 valence electrons. The van der Waals surface area contributed by atoms with E-state index in [0.29, 0.717) is 0 Å². The van der Waals surface area contributed by atoms with E-state index in [2.05, 4.69) is 38.3 Å². The Bertz CT molecular complexity index is 775. The molecule has 0 atom stereocenters. The summed E-state index contributed by atoms with van der Waals surface area (Å²) in [5.74, 6) is 3.18. The van der Waals surface area contributed by atoms with Crippen LogP contribution in [0.15, 0.2) is 47.1 Å². The molecule has 0 unspecified atom stereocenters. The summed E-state index contributed by atoms with van der Waals surface area (Å²) in [4.78, 5) is 0. The zero-order valence-electron chi connectivity index (χ0n) is 13.0. The first kappa shape index (κ1) is 14.2. The number of nitrogens with one attached hydrogen (secondary N) is 1. The molecule has 0 saturated heterocycles. The van der Waals surface area contributed by atoms with Crippen molar-refractivity contribution in [3.8, 4) is 11.1 Å². The molecule has 1 N–H and O–H groups in total. The molecular weight excluding hydrogens is 288 g/mol. The van der Waals surface area contributed by atoms with Gasteiger partial charge in [-0.3, -0.25) is 0 Å².